The molecule has 0 aliphatic heterocycles. The Labute approximate surface area is 166 Å². The van der Waals surface area contributed by atoms with Gasteiger partial charge >= 0.3 is 23.9 Å². The van der Waals surface area contributed by atoms with Crippen LogP contribution in [0.3, 0.4) is 0 Å². The van der Waals surface area contributed by atoms with Crippen LogP contribution < -0.4 is 10.2 Å². The van der Waals surface area contributed by atoms with Crippen LogP contribution in [0.4, 0.5) is 43.9 Å². The number of hydrogen-bond acceptors (Lipinski definition) is 3. The van der Waals surface area contributed by atoms with Gasteiger partial charge in [0, 0.05) is 11.1 Å². The van der Waals surface area contributed by atoms with Crippen molar-refractivity contribution >= 4 is 5.91 Å². The molecule has 170 valence electrons. The first-order valence-electron chi connectivity index (χ1n) is 7.79. The maximum Gasteiger partial charge on any atom is 0.460 e. The fraction of sp³-hybridized carbons (Fsp3) is 0.235. The molecule has 1 amide bonds. The molecule has 14 heteroatoms. The summed E-state index contributed by atoms with van der Waals surface area (Å²) in [5.41, 5.74) is -0.995. The highest BCUT2D eigenvalue weighted by Crippen LogP contribution is 2.56. The van der Waals surface area contributed by atoms with Gasteiger partial charge in [-0.05, 0) is 42.5 Å². The molecule has 0 fully saturated rings. The van der Waals surface area contributed by atoms with Crippen LogP contribution in [0.1, 0.15) is 15.9 Å². The third-order valence-electron chi connectivity index (χ3n) is 3.88. The van der Waals surface area contributed by atoms with Crippen LogP contribution in [-0.4, -0.2) is 29.1 Å². The summed E-state index contributed by atoms with van der Waals surface area (Å²) in [6.07, 6.45) is -6.94. The lowest BCUT2D eigenvalue weighted by Gasteiger charge is -2.33. The van der Waals surface area contributed by atoms with Gasteiger partial charge in [-0.1, -0.05) is 0 Å². The van der Waals surface area contributed by atoms with E-state index in [-0.39, 0.29) is 17.7 Å². The topological polar surface area (TPSA) is 58.6 Å². The van der Waals surface area contributed by atoms with Crippen molar-refractivity contribution in [1.82, 2.24) is 5.48 Å². The molecule has 0 unspecified atom stereocenters. The Morgan fingerprint density at radius 3 is 1.84 bits per heavy atom. The van der Waals surface area contributed by atoms with Gasteiger partial charge in [-0.3, -0.25) is 10.0 Å². The summed E-state index contributed by atoms with van der Waals surface area (Å²) in [6.45, 7) is 0. The van der Waals surface area contributed by atoms with Crippen LogP contribution in [0.2, 0.25) is 0 Å². The minimum Gasteiger partial charge on any atom is -0.454 e. The van der Waals surface area contributed by atoms with E-state index in [4.69, 9.17) is 9.94 Å². The predicted molar refractivity (Wildman–Crippen MR) is 82.0 cm³/mol. The van der Waals surface area contributed by atoms with E-state index < -0.39 is 52.7 Å². The van der Waals surface area contributed by atoms with Crippen molar-refractivity contribution in [1.29, 1.82) is 0 Å². The zero-order valence-corrected chi connectivity index (χ0v) is 14.6. The molecular formula is C17H9F10NO3. The highest BCUT2D eigenvalue weighted by Gasteiger charge is 2.82. The smallest absolute Gasteiger partial charge is 0.454 e. The first-order valence-corrected chi connectivity index (χ1v) is 7.79. The molecule has 0 aromatic heterocycles. The lowest BCUT2D eigenvalue weighted by molar-refractivity contribution is -0.399. The molecule has 2 aromatic carbocycles. The maximum atomic E-state index is 13.9. The Balaban J connectivity index is 2.30. The van der Waals surface area contributed by atoms with E-state index in [1.165, 1.54) is 5.48 Å². The van der Waals surface area contributed by atoms with Gasteiger partial charge in [0.05, 0.1) is 0 Å². The Morgan fingerprint density at radius 2 is 1.39 bits per heavy atom. The molecule has 2 aromatic rings. The molecular weight excluding hydrogens is 456 g/mol. The minimum atomic E-state index is -7.04. The van der Waals surface area contributed by atoms with Crippen LogP contribution in [0.15, 0.2) is 42.5 Å². The Bertz CT molecular complexity index is 958. The molecule has 0 saturated carbocycles. The quantitative estimate of drug-likeness (QED) is 0.329. The van der Waals surface area contributed by atoms with Crippen LogP contribution >= 0.6 is 0 Å². The monoisotopic (exact) mass is 465 g/mol. The number of benzene rings is 2. The van der Waals surface area contributed by atoms with Gasteiger partial charge in [-0.15, -0.1) is 0 Å². The zero-order chi connectivity index (χ0) is 23.8. The number of ether oxygens (including phenoxy) is 1. The van der Waals surface area contributed by atoms with E-state index in [1.807, 2.05) is 0 Å². The number of carbonyl (C=O) groups excluding carboxylic acids is 1. The maximum absolute atomic E-state index is 13.9. The number of amides is 1. The highest BCUT2D eigenvalue weighted by atomic mass is 19.4. The van der Waals surface area contributed by atoms with Crippen LogP contribution in [0.5, 0.6) is 11.5 Å². The molecule has 0 spiro atoms. The SMILES string of the molecule is O=C(NO)c1ccc(Oc2ccc(C(F)(F)C(F)(F)C(F)(F)C(F)(F)F)cc2)c(F)c1. The molecule has 0 bridgehead atoms. The standard InChI is InChI=1S/C17H9F10NO3/c18-11-7-8(13(29)28-30)1-6-12(11)31-10-4-2-9(3-5-10)14(19,20)15(21,22)16(23,24)17(25,26)27/h1-7,30H,(H,28,29). The largest absolute Gasteiger partial charge is 0.460 e. The molecule has 2 rings (SSSR count). The number of alkyl halides is 9. The van der Waals surface area contributed by atoms with E-state index in [2.05, 4.69) is 0 Å². The average Bonchev–Trinajstić information content (AvgIpc) is 2.68. The number of carbonyl (C=O) groups is 1. The third-order valence-corrected chi connectivity index (χ3v) is 3.88. The fourth-order valence-electron chi connectivity index (χ4n) is 2.21. The third kappa shape index (κ3) is 4.24. The second kappa shape index (κ2) is 7.90. The summed E-state index contributed by atoms with van der Waals surface area (Å²) in [7, 11) is 0. The van der Waals surface area contributed by atoms with Gasteiger partial charge in [0.25, 0.3) is 5.91 Å². The van der Waals surface area contributed by atoms with Gasteiger partial charge in [0.2, 0.25) is 0 Å². The van der Waals surface area contributed by atoms with E-state index in [9.17, 15) is 48.7 Å². The van der Waals surface area contributed by atoms with Crippen molar-refractivity contribution in [2.45, 2.75) is 23.9 Å². The van der Waals surface area contributed by atoms with Gasteiger partial charge < -0.3 is 4.74 Å². The summed E-state index contributed by atoms with van der Waals surface area (Å²) < 4.78 is 136. The number of halogens is 10. The number of hydroxylamine groups is 1. The molecule has 0 aliphatic rings. The Kier molecular flexibility index (Phi) is 6.18. The molecule has 0 radical (unpaired) electrons. The van der Waals surface area contributed by atoms with E-state index in [1.54, 1.807) is 0 Å². The van der Waals surface area contributed by atoms with Gasteiger partial charge in [0.1, 0.15) is 5.75 Å². The Hall–Kier alpha value is -3.03. The summed E-state index contributed by atoms with van der Waals surface area (Å²) in [5, 5.41) is 8.45. The van der Waals surface area contributed by atoms with Crippen molar-refractivity contribution in [3.8, 4) is 11.5 Å². The number of hydrogen-bond donors (Lipinski definition) is 2. The van der Waals surface area contributed by atoms with Crippen LogP contribution in [-0.2, 0) is 5.92 Å². The average molecular weight is 465 g/mol. The molecule has 0 saturated heterocycles. The summed E-state index contributed by atoms with van der Waals surface area (Å²) >= 11 is 0. The van der Waals surface area contributed by atoms with Crippen molar-refractivity contribution < 1.29 is 58.6 Å². The highest BCUT2D eigenvalue weighted by molar-refractivity contribution is 5.93. The van der Waals surface area contributed by atoms with Crippen LogP contribution in [0, 0.1) is 5.82 Å². The predicted octanol–water partition coefficient (Wildman–Crippen LogP) is 5.66. The molecule has 0 aliphatic carbocycles. The second-order valence-electron chi connectivity index (χ2n) is 5.93. The lowest BCUT2D eigenvalue weighted by atomic mass is 9.97. The molecule has 4 nitrogen and oxygen atoms in total. The summed E-state index contributed by atoms with van der Waals surface area (Å²) in [5.74, 6) is -23.1. The normalized spacial score (nSPS) is 13.1. The van der Waals surface area contributed by atoms with Crippen molar-refractivity contribution in [3.63, 3.8) is 0 Å². The van der Waals surface area contributed by atoms with Gasteiger partial charge in [-0.2, -0.15) is 39.5 Å². The molecule has 31 heavy (non-hydrogen) atoms. The minimum absolute atomic E-state index is 0.0984. The first-order chi connectivity index (χ1) is 14.1. The lowest BCUT2D eigenvalue weighted by Crippen LogP contribution is -2.59. The van der Waals surface area contributed by atoms with E-state index >= 15 is 0 Å². The van der Waals surface area contributed by atoms with Crippen LogP contribution in [0.25, 0.3) is 0 Å². The van der Waals surface area contributed by atoms with Gasteiger partial charge in [0.15, 0.2) is 11.6 Å². The van der Waals surface area contributed by atoms with Crippen molar-refractivity contribution in [2.24, 2.45) is 0 Å². The van der Waals surface area contributed by atoms with E-state index in [0.29, 0.717) is 18.2 Å². The first kappa shape index (κ1) is 24.2. The summed E-state index contributed by atoms with van der Waals surface area (Å²) in [4.78, 5) is 11.2. The van der Waals surface area contributed by atoms with Gasteiger partial charge in [-0.25, -0.2) is 9.87 Å². The van der Waals surface area contributed by atoms with Crippen molar-refractivity contribution in [3.05, 3.63) is 59.4 Å². The second-order valence-corrected chi connectivity index (χ2v) is 5.93. The summed E-state index contributed by atoms with van der Waals surface area (Å²) in [6, 6.07) is 3.66. The number of rotatable bonds is 6. The zero-order valence-electron chi connectivity index (χ0n) is 14.6. The number of nitrogens with one attached hydrogen (secondary N) is 1. The molecule has 0 atom stereocenters. The van der Waals surface area contributed by atoms with Crippen molar-refractivity contribution in [2.75, 3.05) is 0 Å². The van der Waals surface area contributed by atoms with E-state index in [0.717, 1.165) is 12.1 Å². The fourth-order valence-corrected chi connectivity index (χ4v) is 2.21. The molecule has 0 heterocycles. The molecule has 2 N–H and O–H groups in total. The Morgan fingerprint density at radius 1 is 0.839 bits per heavy atom.